The Hall–Kier alpha value is -2.85. The lowest BCUT2D eigenvalue weighted by Gasteiger charge is -2.11. The first kappa shape index (κ1) is 17.6. The quantitative estimate of drug-likeness (QED) is 0.495. The van der Waals surface area contributed by atoms with Crippen LogP contribution in [0.1, 0.15) is 27.2 Å². The molecular weight excluding hydrogens is 352 g/mol. The number of nitrogens with one attached hydrogen (secondary N) is 1. The minimum Gasteiger partial charge on any atom is -0.347 e. The second-order valence-corrected chi connectivity index (χ2v) is 7.71. The van der Waals surface area contributed by atoms with E-state index in [1.807, 2.05) is 24.3 Å². The molecule has 0 aliphatic rings. The van der Waals surface area contributed by atoms with Crippen molar-refractivity contribution >= 4 is 27.5 Å². The Morgan fingerprint density at radius 1 is 1.00 bits per heavy atom. The molecule has 0 fully saturated rings. The van der Waals surface area contributed by atoms with Gasteiger partial charge in [-0.05, 0) is 42.0 Å². The summed E-state index contributed by atoms with van der Waals surface area (Å²) in [5, 5.41) is 5.16. The average Bonchev–Trinajstić information content (AvgIpc) is 3.27. The van der Waals surface area contributed by atoms with Crippen LogP contribution in [0.3, 0.4) is 0 Å². The van der Waals surface area contributed by atoms with Crippen LogP contribution in [0.2, 0.25) is 0 Å². The second-order valence-electron chi connectivity index (χ2n) is 6.76. The molecule has 0 unspecified atom stereocenters. The molecule has 0 atom stereocenters. The van der Waals surface area contributed by atoms with Gasteiger partial charge in [0.2, 0.25) is 0 Å². The Bertz CT molecular complexity index is 1060. The lowest BCUT2D eigenvalue weighted by atomic mass is 10.1. The van der Waals surface area contributed by atoms with E-state index >= 15 is 0 Å². The Labute approximate surface area is 163 Å². The van der Waals surface area contributed by atoms with Gasteiger partial charge in [0.25, 0.3) is 5.91 Å². The summed E-state index contributed by atoms with van der Waals surface area (Å²) in [5.74, 6) is -0.0204. The number of amides is 1. The molecule has 0 saturated heterocycles. The number of carbonyl (C=O) groups is 1. The van der Waals surface area contributed by atoms with Gasteiger partial charge in [0.1, 0.15) is 5.69 Å². The highest BCUT2D eigenvalue weighted by molar-refractivity contribution is 7.17. The number of aromatic nitrogens is 1. The van der Waals surface area contributed by atoms with Crippen LogP contribution in [0, 0.1) is 6.92 Å². The predicted molar refractivity (Wildman–Crippen MR) is 112 cm³/mol. The zero-order chi connectivity index (χ0) is 18.6. The van der Waals surface area contributed by atoms with Gasteiger partial charge < -0.3 is 9.88 Å². The summed E-state index contributed by atoms with van der Waals surface area (Å²) in [5.41, 5.74) is 5.47. The van der Waals surface area contributed by atoms with Gasteiger partial charge in [-0.15, -0.1) is 11.3 Å². The number of thiophene rings is 1. The summed E-state index contributed by atoms with van der Waals surface area (Å²) in [7, 11) is 0. The van der Waals surface area contributed by atoms with Crippen LogP contribution in [0.15, 0.2) is 72.1 Å². The fourth-order valence-corrected chi connectivity index (χ4v) is 4.21. The molecule has 0 aliphatic heterocycles. The topological polar surface area (TPSA) is 34.0 Å². The van der Waals surface area contributed by atoms with E-state index in [0.29, 0.717) is 6.54 Å². The van der Waals surface area contributed by atoms with E-state index in [4.69, 9.17) is 0 Å². The highest BCUT2D eigenvalue weighted by Gasteiger charge is 2.16. The number of hydrogen-bond donors (Lipinski definition) is 1. The van der Waals surface area contributed by atoms with E-state index in [1.165, 1.54) is 11.1 Å². The van der Waals surface area contributed by atoms with Crippen molar-refractivity contribution in [3.05, 3.63) is 94.5 Å². The summed E-state index contributed by atoms with van der Waals surface area (Å²) in [4.78, 5) is 12.9. The minimum atomic E-state index is -0.0204. The standard InChI is InChI=1S/C23H22N2OS/c1-17-6-5-9-19(14-17)16-24-23(26)21-15-22-20(11-13-27-22)25(21)12-10-18-7-3-2-4-8-18/h2-9,11,13-15H,10,12,16H2,1H3,(H,24,26). The Morgan fingerprint density at radius 2 is 1.81 bits per heavy atom. The number of nitrogens with zero attached hydrogens (tertiary/aromatic N) is 1. The van der Waals surface area contributed by atoms with E-state index in [2.05, 4.69) is 64.7 Å². The fraction of sp³-hybridized carbons (Fsp3) is 0.174. The number of hydrogen-bond acceptors (Lipinski definition) is 2. The summed E-state index contributed by atoms with van der Waals surface area (Å²) in [6.07, 6.45) is 0.901. The molecule has 4 aromatic rings. The first-order valence-corrected chi connectivity index (χ1v) is 10.0. The molecule has 4 rings (SSSR count). The zero-order valence-electron chi connectivity index (χ0n) is 15.3. The first-order chi connectivity index (χ1) is 13.2. The molecule has 0 aliphatic carbocycles. The third kappa shape index (κ3) is 3.96. The van der Waals surface area contributed by atoms with E-state index in [-0.39, 0.29) is 5.91 Å². The Balaban J connectivity index is 1.53. The number of fused-ring (bicyclic) bond motifs is 1. The van der Waals surface area contributed by atoms with Crippen molar-refractivity contribution in [2.24, 2.45) is 0 Å². The average molecular weight is 375 g/mol. The lowest BCUT2D eigenvalue weighted by Crippen LogP contribution is -2.25. The highest BCUT2D eigenvalue weighted by atomic mass is 32.1. The van der Waals surface area contributed by atoms with Crippen LogP contribution < -0.4 is 5.32 Å². The Kier molecular flexibility index (Phi) is 5.07. The maximum atomic E-state index is 12.9. The molecule has 1 N–H and O–H groups in total. The van der Waals surface area contributed by atoms with Crippen LogP contribution in [0.4, 0.5) is 0 Å². The predicted octanol–water partition coefficient (Wildman–Crippen LogP) is 5.18. The van der Waals surface area contributed by atoms with Crippen LogP contribution in [0.25, 0.3) is 10.2 Å². The van der Waals surface area contributed by atoms with Crippen LogP contribution in [0.5, 0.6) is 0 Å². The largest absolute Gasteiger partial charge is 0.347 e. The summed E-state index contributed by atoms with van der Waals surface area (Å²) >= 11 is 1.68. The molecule has 0 radical (unpaired) electrons. The zero-order valence-corrected chi connectivity index (χ0v) is 16.1. The van der Waals surface area contributed by atoms with Crippen molar-refractivity contribution in [2.45, 2.75) is 26.4 Å². The number of carbonyl (C=O) groups excluding carboxylic acids is 1. The normalized spacial score (nSPS) is 11.0. The molecular formula is C23H22N2OS. The fourth-order valence-electron chi connectivity index (χ4n) is 3.39. The third-order valence-corrected chi connectivity index (χ3v) is 5.61. The van der Waals surface area contributed by atoms with Gasteiger partial charge in [-0.25, -0.2) is 0 Å². The van der Waals surface area contributed by atoms with E-state index < -0.39 is 0 Å². The SMILES string of the molecule is Cc1cccc(CNC(=O)c2cc3sccc3n2CCc2ccccc2)c1. The van der Waals surface area contributed by atoms with Crippen molar-refractivity contribution in [1.82, 2.24) is 9.88 Å². The maximum absolute atomic E-state index is 12.9. The van der Waals surface area contributed by atoms with Gasteiger partial charge in [-0.1, -0.05) is 60.2 Å². The summed E-state index contributed by atoms with van der Waals surface area (Å²) < 4.78 is 3.30. The molecule has 3 nitrogen and oxygen atoms in total. The molecule has 0 spiro atoms. The second kappa shape index (κ2) is 7.80. The molecule has 136 valence electrons. The van der Waals surface area contributed by atoms with Gasteiger partial charge >= 0.3 is 0 Å². The lowest BCUT2D eigenvalue weighted by molar-refractivity contribution is 0.0942. The Morgan fingerprint density at radius 3 is 2.63 bits per heavy atom. The number of benzene rings is 2. The van der Waals surface area contributed by atoms with Crippen molar-refractivity contribution in [1.29, 1.82) is 0 Å². The van der Waals surface area contributed by atoms with Crippen LogP contribution in [-0.2, 0) is 19.5 Å². The van der Waals surface area contributed by atoms with Gasteiger partial charge in [-0.2, -0.15) is 0 Å². The smallest absolute Gasteiger partial charge is 0.268 e. The number of aryl methyl sites for hydroxylation is 3. The van der Waals surface area contributed by atoms with Crippen LogP contribution in [-0.4, -0.2) is 10.5 Å². The van der Waals surface area contributed by atoms with Gasteiger partial charge in [0.15, 0.2) is 0 Å². The third-order valence-electron chi connectivity index (χ3n) is 4.76. The maximum Gasteiger partial charge on any atom is 0.268 e. The molecule has 4 heteroatoms. The molecule has 1 amide bonds. The van der Waals surface area contributed by atoms with Gasteiger partial charge in [0, 0.05) is 13.1 Å². The molecule has 2 heterocycles. The summed E-state index contributed by atoms with van der Waals surface area (Å²) in [6.45, 7) is 3.39. The molecule has 0 bridgehead atoms. The molecule has 2 aromatic carbocycles. The van der Waals surface area contributed by atoms with E-state index in [0.717, 1.165) is 34.4 Å². The van der Waals surface area contributed by atoms with Crippen molar-refractivity contribution < 1.29 is 4.79 Å². The minimum absolute atomic E-state index is 0.0204. The van der Waals surface area contributed by atoms with Gasteiger partial charge in [-0.3, -0.25) is 4.79 Å². The molecule has 2 aromatic heterocycles. The number of rotatable bonds is 6. The van der Waals surface area contributed by atoms with Crippen molar-refractivity contribution in [3.63, 3.8) is 0 Å². The molecule has 0 saturated carbocycles. The van der Waals surface area contributed by atoms with E-state index in [9.17, 15) is 4.79 Å². The van der Waals surface area contributed by atoms with Crippen LogP contribution >= 0.6 is 11.3 Å². The highest BCUT2D eigenvalue weighted by Crippen LogP contribution is 2.26. The monoisotopic (exact) mass is 374 g/mol. The van der Waals surface area contributed by atoms with Gasteiger partial charge in [0.05, 0.1) is 10.2 Å². The molecule has 27 heavy (non-hydrogen) atoms. The van der Waals surface area contributed by atoms with Crippen molar-refractivity contribution in [2.75, 3.05) is 0 Å². The summed E-state index contributed by atoms with van der Waals surface area (Å²) in [6, 6.07) is 22.7. The van der Waals surface area contributed by atoms with Crippen molar-refractivity contribution in [3.8, 4) is 0 Å². The van der Waals surface area contributed by atoms with E-state index in [1.54, 1.807) is 11.3 Å². The first-order valence-electron chi connectivity index (χ1n) is 9.15.